The number of hydrogen-bond donors (Lipinski definition) is 2. The predicted molar refractivity (Wildman–Crippen MR) is 130 cm³/mol. The summed E-state index contributed by atoms with van der Waals surface area (Å²) in [5, 5.41) is 5.82. The Morgan fingerprint density at radius 3 is 2.69 bits per heavy atom. The van der Waals surface area contributed by atoms with E-state index in [1.54, 1.807) is 30.1 Å². The third-order valence-electron chi connectivity index (χ3n) is 7.30. The molecule has 1 aromatic carbocycles. The van der Waals surface area contributed by atoms with E-state index in [2.05, 4.69) is 10.6 Å². The van der Waals surface area contributed by atoms with Crippen LogP contribution < -0.4 is 15.4 Å². The molecule has 0 unspecified atom stereocenters. The predicted octanol–water partition coefficient (Wildman–Crippen LogP) is 2.74. The van der Waals surface area contributed by atoms with E-state index in [1.807, 2.05) is 0 Å². The first kappa shape index (κ1) is 25.4. The zero-order valence-electron chi connectivity index (χ0n) is 20.7. The first-order valence-corrected chi connectivity index (χ1v) is 12.7. The van der Waals surface area contributed by atoms with Gasteiger partial charge in [-0.25, -0.2) is 0 Å². The summed E-state index contributed by atoms with van der Waals surface area (Å²) in [5.74, 6) is 0.584. The van der Waals surface area contributed by atoms with Crippen LogP contribution in [0, 0.1) is 5.92 Å². The van der Waals surface area contributed by atoms with Crippen molar-refractivity contribution in [1.29, 1.82) is 0 Å². The van der Waals surface area contributed by atoms with Gasteiger partial charge in [0.25, 0.3) is 5.91 Å². The summed E-state index contributed by atoms with van der Waals surface area (Å²) in [6, 6.07) is 4.86. The highest BCUT2D eigenvalue weighted by Gasteiger charge is 2.39. The van der Waals surface area contributed by atoms with Crippen LogP contribution in [0.5, 0.6) is 5.75 Å². The minimum atomic E-state index is -0.317. The van der Waals surface area contributed by atoms with Crippen LogP contribution in [0.15, 0.2) is 18.2 Å². The van der Waals surface area contributed by atoms with E-state index in [0.717, 1.165) is 13.0 Å². The number of carbonyl (C=O) groups excluding carboxylic acids is 3. The normalized spacial score (nSPS) is 24.9. The van der Waals surface area contributed by atoms with Gasteiger partial charge in [0, 0.05) is 26.4 Å². The van der Waals surface area contributed by atoms with Crippen molar-refractivity contribution >= 4 is 23.4 Å². The summed E-state index contributed by atoms with van der Waals surface area (Å²) < 4.78 is 17.1. The van der Waals surface area contributed by atoms with Crippen molar-refractivity contribution in [2.75, 3.05) is 39.2 Å². The Morgan fingerprint density at radius 1 is 1.11 bits per heavy atom. The smallest absolute Gasteiger partial charge is 0.257 e. The average molecular weight is 488 g/mol. The molecule has 0 bridgehead atoms. The van der Waals surface area contributed by atoms with Crippen molar-refractivity contribution < 1.29 is 28.6 Å². The van der Waals surface area contributed by atoms with Crippen LogP contribution in [-0.4, -0.2) is 74.8 Å². The fraction of sp³-hybridized carbons (Fsp3) is 0.654. The number of rotatable bonds is 7. The molecule has 2 N–H and O–H groups in total. The lowest BCUT2D eigenvalue weighted by Gasteiger charge is -2.42. The van der Waals surface area contributed by atoms with Gasteiger partial charge in [-0.15, -0.1) is 0 Å². The first-order valence-electron chi connectivity index (χ1n) is 12.7. The van der Waals surface area contributed by atoms with Gasteiger partial charge < -0.3 is 29.7 Å². The maximum Gasteiger partial charge on any atom is 0.257 e. The average Bonchev–Trinajstić information content (AvgIpc) is 2.86. The number of anilines is 1. The molecule has 2 aliphatic heterocycles. The van der Waals surface area contributed by atoms with Crippen molar-refractivity contribution in [2.45, 2.75) is 69.6 Å². The van der Waals surface area contributed by atoms with Crippen molar-refractivity contribution in [3.8, 4) is 5.75 Å². The third kappa shape index (κ3) is 6.52. The van der Waals surface area contributed by atoms with E-state index in [-0.39, 0.29) is 49.2 Å². The van der Waals surface area contributed by atoms with Crippen LogP contribution in [0.2, 0.25) is 0 Å². The highest BCUT2D eigenvalue weighted by molar-refractivity contribution is 6.00. The lowest BCUT2D eigenvalue weighted by Crippen LogP contribution is -2.54. The standard InChI is InChI=1S/C26H37N3O6/c1-29-21-10-9-19(13-24(30)27-14-17-6-4-3-5-7-17)35-23(21)15-34-22-11-8-18(12-20(22)26(29)32)28-25(31)16-33-2/h8,11-12,17,19,21,23H,3-7,9-10,13-16H2,1-2H3,(H,27,30)(H,28,31)/t19-,21-,23+/m1/s1. The molecule has 9 heteroatoms. The van der Waals surface area contributed by atoms with Gasteiger partial charge in [0.05, 0.1) is 24.1 Å². The number of nitrogens with one attached hydrogen (secondary N) is 2. The zero-order chi connectivity index (χ0) is 24.8. The molecule has 1 aliphatic carbocycles. The number of likely N-dealkylation sites (N-methyl/N-ethyl adjacent to an activating group) is 1. The Bertz CT molecular complexity index is 916. The second kappa shape index (κ2) is 11.9. The largest absolute Gasteiger partial charge is 0.490 e. The maximum atomic E-state index is 13.3. The summed E-state index contributed by atoms with van der Waals surface area (Å²) in [5.41, 5.74) is 0.901. The molecule has 0 aromatic heterocycles. The number of nitrogens with zero attached hydrogens (tertiary/aromatic N) is 1. The van der Waals surface area contributed by atoms with Crippen molar-refractivity contribution in [3.63, 3.8) is 0 Å². The summed E-state index contributed by atoms with van der Waals surface area (Å²) in [6.07, 6.45) is 7.48. The van der Waals surface area contributed by atoms with Crippen LogP contribution in [-0.2, 0) is 19.1 Å². The van der Waals surface area contributed by atoms with E-state index in [1.165, 1.54) is 39.2 Å². The molecule has 1 saturated heterocycles. The summed E-state index contributed by atoms with van der Waals surface area (Å²) in [7, 11) is 3.22. The van der Waals surface area contributed by atoms with Crippen molar-refractivity contribution in [1.82, 2.24) is 10.2 Å². The molecule has 3 amide bonds. The van der Waals surface area contributed by atoms with Gasteiger partial charge in [-0.3, -0.25) is 14.4 Å². The van der Waals surface area contributed by atoms with Gasteiger partial charge in [0.15, 0.2) is 0 Å². The summed E-state index contributed by atoms with van der Waals surface area (Å²) in [4.78, 5) is 39.4. The summed E-state index contributed by atoms with van der Waals surface area (Å²) in [6.45, 7) is 0.968. The molecule has 4 rings (SSSR count). The van der Waals surface area contributed by atoms with E-state index in [0.29, 0.717) is 35.8 Å². The molecule has 3 aliphatic rings. The molecular formula is C26H37N3O6. The Labute approximate surface area is 206 Å². The number of amides is 3. The lowest BCUT2D eigenvalue weighted by molar-refractivity contribution is -0.134. The van der Waals surface area contributed by atoms with Gasteiger partial charge >= 0.3 is 0 Å². The maximum absolute atomic E-state index is 13.3. The number of carbonyl (C=O) groups is 3. The Kier molecular flexibility index (Phi) is 8.62. The minimum Gasteiger partial charge on any atom is -0.490 e. The molecule has 35 heavy (non-hydrogen) atoms. The SMILES string of the molecule is COCC(=O)Nc1ccc2c(c1)C(=O)N(C)[C@@H]1CC[C@H](CC(=O)NCC3CCCCC3)O[C@H]1CO2. The number of benzene rings is 1. The van der Waals surface area contributed by atoms with Crippen molar-refractivity contribution in [3.05, 3.63) is 23.8 Å². The second-order valence-corrected chi connectivity index (χ2v) is 9.87. The van der Waals surface area contributed by atoms with Gasteiger partial charge in [-0.1, -0.05) is 19.3 Å². The molecule has 2 fully saturated rings. The first-order chi connectivity index (χ1) is 16.9. The van der Waals surface area contributed by atoms with Crippen LogP contribution in [0.4, 0.5) is 5.69 Å². The molecule has 2 heterocycles. The number of ether oxygens (including phenoxy) is 3. The monoisotopic (exact) mass is 487 g/mol. The Balaban J connectivity index is 1.35. The van der Waals surface area contributed by atoms with Gasteiger partial charge in [-0.05, 0) is 49.8 Å². The quantitative estimate of drug-likeness (QED) is 0.613. The number of hydrogen-bond acceptors (Lipinski definition) is 6. The minimum absolute atomic E-state index is 0.0311. The highest BCUT2D eigenvalue weighted by atomic mass is 16.5. The molecule has 1 aromatic rings. The van der Waals surface area contributed by atoms with Crippen LogP contribution in [0.3, 0.4) is 0 Å². The molecule has 1 saturated carbocycles. The van der Waals surface area contributed by atoms with Crippen LogP contribution in [0.1, 0.15) is 61.7 Å². The topological polar surface area (TPSA) is 106 Å². The fourth-order valence-corrected chi connectivity index (χ4v) is 5.36. The van der Waals surface area contributed by atoms with Crippen LogP contribution in [0.25, 0.3) is 0 Å². The summed E-state index contributed by atoms with van der Waals surface area (Å²) >= 11 is 0. The highest BCUT2D eigenvalue weighted by Crippen LogP contribution is 2.32. The molecule has 0 radical (unpaired) electrons. The van der Waals surface area contributed by atoms with Crippen molar-refractivity contribution in [2.24, 2.45) is 5.92 Å². The number of methoxy groups -OCH3 is 1. The molecule has 3 atom stereocenters. The molecular weight excluding hydrogens is 450 g/mol. The molecule has 192 valence electrons. The van der Waals surface area contributed by atoms with E-state index in [4.69, 9.17) is 14.2 Å². The van der Waals surface area contributed by atoms with Crippen LogP contribution >= 0.6 is 0 Å². The zero-order valence-corrected chi connectivity index (χ0v) is 20.7. The van der Waals surface area contributed by atoms with Gasteiger partial charge in [-0.2, -0.15) is 0 Å². The molecule has 9 nitrogen and oxygen atoms in total. The Hall–Kier alpha value is -2.65. The van der Waals surface area contributed by atoms with E-state index in [9.17, 15) is 14.4 Å². The Morgan fingerprint density at radius 2 is 1.91 bits per heavy atom. The van der Waals surface area contributed by atoms with E-state index < -0.39 is 0 Å². The van der Waals surface area contributed by atoms with E-state index >= 15 is 0 Å². The third-order valence-corrected chi connectivity index (χ3v) is 7.30. The second-order valence-electron chi connectivity index (χ2n) is 9.87. The fourth-order valence-electron chi connectivity index (χ4n) is 5.36. The van der Waals surface area contributed by atoms with Gasteiger partial charge in [0.1, 0.15) is 25.1 Å². The lowest BCUT2D eigenvalue weighted by atomic mass is 9.89. The number of fused-ring (bicyclic) bond motifs is 2. The molecule has 0 spiro atoms. The van der Waals surface area contributed by atoms with Gasteiger partial charge in [0.2, 0.25) is 11.8 Å².